The highest BCUT2D eigenvalue weighted by molar-refractivity contribution is 5.80. The number of nitrogens with zero attached hydrogens (tertiary/aromatic N) is 2. The average molecular weight is 217 g/mol. The zero-order valence-corrected chi connectivity index (χ0v) is 9.69. The first-order chi connectivity index (χ1) is 7.65. The number of aromatic nitrogens is 2. The minimum atomic E-state index is 0.655. The maximum absolute atomic E-state index is 6.00. The summed E-state index contributed by atoms with van der Waals surface area (Å²) in [5, 5.41) is 4.30. The van der Waals surface area contributed by atoms with Crippen LogP contribution in [-0.2, 0) is 7.05 Å². The second-order valence-electron chi connectivity index (χ2n) is 3.67. The van der Waals surface area contributed by atoms with Crippen LogP contribution in [0, 0.1) is 6.92 Å². The van der Waals surface area contributed by atoms with Crippen LogP contribution >= 0.6 is 0 Å². The first-order valence-electron chi connectivity index (χ1n) is 5.07. The van der Waals surface area contributed by atoms with Crippen LogP contribution in [0.2, 0.25) is 0 Å². The number of rotatable bonds is 2. The molecule has 0 aliphatic rings. The molecule has 4 nitrogen and oxygen atoms in total. The Morgan fingerprint density at radius 2 is 2.00 bits per heavy atom. The van der Waals surface area contributed by atoms with Crippen molar-refractivity contribution in [2.75, 3.05) is 12.8 Å². The molecular weight excluding hydrogens is 202 g/mol. The van der Waals surface area contributed by atoms with Crippen LogP contribution < -0.4 is 10.5 Å². The van der Waals surface area contributed by atoms with Crippen molar-refractivity contribution in [2.45, 2.75) is 6.92 Å². The van der Waals surface area contributed by atoms with E-state index in [2.05, 4.69) is 5.10 Å². The van der Waals surface area contributed by atoms with Crippen LogP contribution in [0.25, 0.3) is 11.1 Å². The Labute approximate surface area is 94.6 Å². The van der Waals surface area contributed by atoms with Gasteiger partial charge in [0.2, 0.25) is 0 Å². The van der Waals surface area contributed by atoms with E-state index < -0.39 is 0 Å². The largest absolute Gasteiger partial charge is 0.496 e. The molecule has 2 N–H and O–H groups in total. The fourth-order valence-corrected chi connectivity index (χ4v) is 1.86. The molecule has 0 fully saturated rings. The lowest BCUT2D eigenvalue weighted by molar-refractivity contribution is 0.416. The normalized spacial score (nSPS) is 10.4. The Morgan fingerprint density at radius 1 is 1.31 bits per heavy atom. The Hall–Kier alpha value is -1.97. The van der Waals surface area contributed by atoms with Gasteiger partial charge in [-0.05, 0) is 13.0 Å². The van der Waals surface area contributed by atoms with E-state index in [-0.39, 0.29) is 0 Å². The molecule has 0 unspecified atom stereocenters. The Balaban J connectivity index is 2.67. The summed E-state index contributed by atoms with van der Waals surface area (Å²) in [5.41, 5.74) is 8.84. The molecular formula is C12H15N3O. The van der Waals surface area contributed by atoms with Gasteiger partial charge in [0.25, 0.3) is 0 Å². The van der Waals surface area contributed by atoms with Crippen LogP contribution in [0.5, 0.6) is 5.75 Å². The minimum Gasteiger partial charge on any atom is -0.496 e. The number of nitrogen functional groups attached to an aromatic ring is 1. The van der Waals surface area contributed by atoms with Crippen molar-refractivity contribution in [1.29, 1.82) is 0 Å². The first kappa shape index (κ1) is 10.5. The molecule has 1 heterocycles. The number of para-hydroxylation sites is 1. The van der Waals surface area contributed by atoms with Gasteiger partial charge in [-0.1, -0.05) is 18.2 Å². The molecule has 1 aromatic carbocycles. The maximum atomic E-state index is 6.00. The average Bonchev–Trinajstić information content (AvgIpc) is 2.53. The topological polar surface area (TPSA) is 53.1 Å². The summed E-state index contributed by atoms with van der Waals surface area (Å²) in [6.07, 6.45) is 0. The van der Waals surface area contributed by atoms with Crippen molar-refractivity contribution in [3.63, 3.8) is 0 Å². The van der Waals surface area contributed by atoms with E-state index in [4.69, 9.17) is 10.5 Å². The monoisotopic (exact) mass is 217 g/mol. The Morgan fingerprint density at radius 3 is 2.56 bits per heavy atom. The van der Waals surface area contributed by atoms with Crippen molar-refractivity contribution in [2.24, 2.45) is 7.05 Å². The van der Waals surface area contributed by atoms with Gasteiger partial charge in [-0.2, -0.15) is 5.10 Å². The smallest absolute Gasteiger partial charge is 0.129 e. The molecule has 84 valence electrons. The number of hydrogen-bond acceptors (Lipinski definition) is 3. The Bertz CT molecular complexity index is 517. The van der Waals surface area contributed by atoms with E-state index in [1.807, 2.05) is 38.2 Å². The van der Waals surface area contributed by atoms with Crippen molar-refractivity contribution >= 4 is 5.82 Å². The third kappa shape index (κ3) is 1.52. The second kappa shape index (κ2) is 3.89. The van der Waals surface area contributed by atoms with Crippen LogP contribution in [0.1, 0.15) is 5.69 Å². The molecule has 0 saturated heterocycles. The van der Waals surface area contributed by atoms with Gasteiger partial charge in [0.1, 0.15) is 11.6 Å². The van der Waals surface area contributed by atoms with Gasteiger partial charge in [-0.15, -0.1) is 0 Å². The Kier molecular flexibility index (Phi) is 2.56. The molecule has 0 spiro atoms. The molecule has 0 saturated carbocycles. The van der Waals surface area contributed by atoms with E-state index in [1.165, 1.54) is 0 Å². The van der Waals surface area contributed by atoms with E-state index in [0.717, 1.165) is 22.6 Å². The molecule has 1 aromatic heterocycles. The lowest BCUT2D eigenvalue weighted by Gasteiger charge is -2.08. The van der Waals surface area contributed by atoms with Crippen molar-refractivity contribution in [3.8, 4) is 16.9 Å². The zero-order valence-electron chi connectivity index (χ0n) is 9.69. The molecule has 2 aromatic rings. The van der Waals surface area contributed by atoms with E-state index in [9.17, 15) is 0 Å². The van der Waals surface area contributed by atoms with Gasteiger partial charge < -0.3 is 10.5 Å². The maximum Gasteiger partial charge on any atom is 0.129 e. The zero-order chi connectivity index (χ0) is 11.7. The molecule has 0 aliphatic carbocycles. The van der Waals surface area contributed by atoms with Crippen LogP contribution in [0.15, 0.2) is 24.3 Å². The fraction of sp³-hybridized carbons (Fsp3) is 0.250. The quantitative estimate of drug-likeness (QED) is 0.836. The lowest BCUT2D eigenvalue weighted by Crippen LogP contribution is -1.98. The molecule has 0 atom stereocenters. The van der Waals surface area contributed by atoms with E-state index >= 15 is 0 Å². The summed E-state index contributed by atoms with van der Waals surface area (Å²) in [6.45, 7) is 1.94. The third-order valence-electron chi connectivity index (χ3n) is 2.64. The predicted molar refractivity (Wildman–Crippen MR) is 64.3 cm³/mol. The summed E-state index contributed by atoms with van der Waals surface area (Å²) in [6, 6.07) is 7.80. The third-order valence-corrected chi connectivity index (χ3v) is 2.64. The van der Waals surface area contributed by atoms with E-state index in [1.54, 1.807) is 11.8 Å². The number of methoxy groups -OCH3 is 1. The highest BCUT2D eigenvalue weighted by atomic mass is 16.5. The lowest BCUT2D eigenvalue weighted by atomic mass is 10.0. The summed E-state index contributed by atoms with van der Waals surface area (Å²) in [4.78, 5) is 0. The number of benzene rings is 1. The van der Waals surface area contributed by atoms with Crippen LogP contribution in [0.3, 0.4) is 0 Å². The van der Waals surface area contributed by atoms with Gasteiger partial charge in [0, 0.05) is 12.6 Å². The first-order valence-corrected chi connectivity index (χ1v) is 5.07. The molecule has 16 heavy (non-hydrogen) atoms. The molecule has 0 amide bonds. The van der Waals surface area contributed by atoms with Gasteiger partial charge in [-0.25, -0.2) is 0 Å². The van der Waals surface area contributed by atoms with Crippen LogP contribution in [0.4, 0.5) is 5.82 Å². The van der Waals surface area contributed by atoms with Crippen molar-refractivity contribution in [1.82, 2.24) is 9.78 Å². The van der Waals surface area contributed by atoms with E-state index in [0.29, 0.717) is 5.82 Å². The highest BCUT2D eigenvalue weighted by Gasteiger charge is 2.15. The molecule has 2 rings (SSSR count). The number of nitrogens with two attached hydrogens (primary N) is 1. The molecule has 0 aliphatic heterocycles. The van der Waals surface area contributed by atoms with Crippen molar-refractivity contribution in [3.05, 3.63) is 30.0 Å². The summed E-state index contributed by atoms with van der Waals surface area (Å²) in [7, 11) is 3.49. The van der Waals surface area contributed by atoms with Gasteiger partial charge >= 0.3 is 0 Å². The van der Waals surface area contributed by atoms with Crippen LogP contribution in [-0.4, -0.2) is 16.9 Å². The highest BCUT2D eigenvalue weighted by Crippen LogP contribution is 2.35. The molecule has 0 radical (unpaired) electrons. The van der Waals surface area contributed by atoms with Gasteiger partial charge in [0.05, 0.1) is 18.4 Å². The SMILES string of the molecule is COc1ccccc1-c1c(C)nn(C)c1N. The van der Waals surface area contributed by atoms with Crippen molar-refractivity contribution < 1.29 is 4.74 Å². The number of ether oxygens (including phenoxy) is 1. The van der Waals surface area contributed by atoms with Gasteiger partial charge in [0.15, 0.2) is 0 Å². The standard InChI is InChI=1S/C12H15N3O/c1-8-11(12(13)15(2)14-8)9-6-4-5-7-10(9)16-3/h4-7H,13H2,1-3H3. The summed E-state index contributed by atoms with van der Waals surface area (Å²) in [5.74, 6) is 1.47. The predicted octanol–water partition coefficient (Wildman–Crippen LogP) is 1.99. The second-order valence-corrected chi connectivity index (χ2v) is 3.67. The number of aryl methyl sites for hydroxylation is 2. The minimum absolute atomic E-state index is 0.655. The molecule has 0 bridgehead atoms. The molecule has 4 heteroatoms. The number of anilines is 1. The number of hydrogen-bond donors (Lipinski definition) is 1. The van der Waals surface area contributed by atoms with Gasteiger partial charge in [-0.3, -0.25) is 4.68 Å². The summed E-state index contributed by atoms with van der Waals surface area (Å²) < 4.78 is 7.00. The summed E-state index contributed by atoms with van der Waals surface area (Å²) >= 11 is 0. The fourth-order valence-electron chi connectivity index (χ4n) is 1.86.